The largest absolute Gasteiger partial charge is 0.337 e. The highest BCUT2D eigenvalue weighted by Crippen LogP contribution is 2.29. The number of sulfonamides is 1. The van der Waals surface area contributed by atoms with Crippen molar-refractivity contribution < 1.29 is 13.2 Å². The number of nitrogens with zero attached hydrogens (tertiary/aromatic N) is 3. The van der Waals surface area contributed by atoms with E-state index in [-0.39, 0.29) is 11.8 Å². The van der Waals surface area contributed by atoms with Crippen molar-refractivity contribution in [1.82, 2.24) is 14.1 Å². The summed E-state index contributed by atoms with van der Waals surface area (Å²) >= 11 is 0. The number of hydrogen-bond acceptors (Lipinski definition) is 4. The fourth-order valence-corrected chi connectivity index (χ4v) is 6.53. The van der Waals surface area contributed by atoms with Gasteiger partial charge in [0.15, 0.2) is 0 Å². The molecule has 1 aliphatic carbocycles. The van der Waals surface area contributed by atoms with Crippen LogP contribution in [0.5, 0.6) is 0 Å². The van der Waals surface area contributed by atoms with E-state index >= 15 is 0 Å². The van der Waals surface area contributed by atoms with E-state index in [1.165, 1.54) is 17.5 Å². The molecular weight excluding hydrogens is 446 g/mol. The third-order valence-corrected chi connectivity index (χ3v) is 9.00. The minimum atomic E-state index is -3.53. The van der Waals surface area contributed by atoms with Gasteiger partial charge >= 0.3 is 0 Å². The first-order valence-electron chi connectivity index (χ1n) is 12.4. The number of carbonyl (C=O) groups is 1. The molecule has 7 heteroatoms. The molecule has 4 rings (SSSR count). The summed E-state index contributed by atoms with van der Waals surface area (Å²) in [6.07, 6.45) is 5.43. The second-order valence-electron chi connectivity index (χ2n) is 9.86. The van der Waals surface area contributed by atoms with Crippen LogP contribution in [-0.2, 0) is 34.2 Å². The highest BCUT2D eigenvalue weighted by Gasteiger charge is 2.34. The molecule has 0 aromatic heterocycles. The standard InChI is InChI=1S/C27H37N3O3S/c1-28(2)18-19-29(21-22-8-4-3-5-9-22)27(31)24-14-16-30(17-15-24)34(32,33)26-13-12-23-10-6-7-11-25(23)20-26/h3-5,8-9,12-13,20,24H,6-7,10-11,14-19,21H2,1-2H3. The quantitative estimate of drug-likeness (QED) is 0.576. The summed E-state index contributed by atoms with van der Waals surface area (Å²) in [6.45, 7) is 2.82. The number of carbonyl (C=O) groups excluding carboxylic acids is 1. The van der Waals surface area contributed by atoms with Crippen LogP contribution < -0.4 is 0 Å². The molecule has 0 bridgehead atoms. The zero-order valence-corrected chi connectivity index (χ0v) is 21.3. The Kier molecular flexibility index (Phi) is 8.06. The van der Waals surface area contributed by atoms with Gasteiger partial charge in [-0.1, -0.05) is 36.4 Å². The van der Waals surface area contributed by atoms with Gasteiger partial charge < -0.3 is 9.80 Å². The highest BCUT2D eigenvalue weighted by atomic mass is 32.2. The van der Waals surface area contributed by atoms with Gasteiger partial charge in [0, 0.05) is 38.6 Å². The third kappa shape index (κ3) is 5.88. The average Bonchev–Trinajstić information content (AvgIpc) is 2.86. The molecule has 0 atom stereocenters. The maximum atomic E-state index is 13.4. The molecule has 0 saturated carbocycles. The van der Waals surface area contributed by atoms with Crippen molar-refractivity contribution in [2.75, 3.05) is 40.3 Å². The Morgan fingerprint density at radius 1 is 0.941 bits per heavy atom. The summed E-state index contributed by atoms with van der Waals surface area (Å²) in [5.41, 5.74) is 3.57. The lowest BCUT2D eigenvalue weighted by Gasteiger charge is -2.34. The van der Waals surface area contributed by atoms with Crippen LogP contribution in [0.1, 0.15) is 42.4 Å². The highest BCUT2D eigenvalue weighted by molar-refractivity contribution is 7.89. The Bertz CT molecular complexity index is 1080. The molecule has 0 unspecified atom stereocenters. The number of fused-ring (bicyclic) bond motifs is 1. The summed E-state index contributed by atoms with van der Waals surface area (Å²) in [5, 5.41) is 0. The number of likely N-dealkylation sites (N-methyl/N-ethyl adjacent to an activating group) is 1. The summed E-state index contributed by atoms with van der Waals surface area (Å²) in [5.74, 6) is -0.00242. The first-order chi connectivity index (χ1) is 16.3. The van der Waals surface area contributed by atoms with E-state index in [9.17, 15) is 13.2 Å². The Labute approximate surface area is 204 Å². The topological polar surface area (TPSA) is 60.9 Å². The van der Waals surface area contributed by atoms with Gasteiger partial charge in [0.05, 0.1) is 4.90 Å². The van der Waals surface area contributed by atoms with Crippen molar-refractivity contribution in [2.24, 2.45) is 5.92 Å². The lowest BCUT2D eigenvalue weighted by Crippen LogP contribution is -2.45. The van der Waals surface area contributed by atoms with E-state index in [4.69, 9.17) is 0 Å². The maximum Gasteiger partial charge on any atom is 0.243 e. The number of rotatable bonds is 8. The normalized spacial score (nSPS) is 17.5. The molecule has 1 heterocycles. The number of benzene rings is 2. The van der Waals surface area contributed by atoms with E-state index in [2.05, 4.69) is 4.90 Å². The van der Waals surface area contributed by atoms with Crippen molar-refractivity contribution >= 4 is 15.9 Å². The molecule has 1 amide bonds. The molecule has 2 aliphatic rings. The van der Waals surface area contributed by atoms with Crippen molar-refractivity contribution in [1.29, 1.82) is 0 Å². The zero-order chi connectivity index (χ0) is 24.1. The van der Waals surface area contributed by atoms with Gasteiger partial charge in [0.1, 0.15) is 0 Å². The predicted octanol–water partition coefficient (Wildman–Crippen LogP) is 3.56. The van der Waals surface area contributed by atoms with Crippen LogP contribution in [0.25, 0.3) is 0 Å². The lowest BCUT2D eigenvalue weighted by molar-refractivity contribution is -0.137. The van der Waals surface area contributed by atoms with E-state index in [0.717, 1.165) is 31.4 Å². The predicted molar refractivity (Wildman–Crippen MR) is 135 cm³/mol. The molecule has 2 aromatic carbocycles. The van der Waals surface area contributed by atoms with E-state index < -0.39 is 10.0 Å². The maximum absolute atomic E-state index is 13.4. The van der Waals surface area contributed by atoms with E-state index in [0.29, 0.717) is 43.9 Å². The Balaban J connectivity index is 1.41. The van der Waals surface area contributed by atoms with E-state index in [1.54, 1.807) is 10.4 Å². The molecular formula is C27H37N3O3S. The fourth-order valence-electron chi connectivity index (χ4n) is 5.01. The molecule has 0 N–H and O–H groups in total. The Morgan fingerprint density at radius 3 is 2.29 bits per heavy atom. The van der Waals surface area contributed by atoms with Crippen molar-refractivity contribution in [3.05, 3.63) is 65.2 Å². The SMILES string of the molecule is CN(C)CCN(Cc1ccccc1)C(=O)C1CCN(S(=O)(=O)c2ccc3c(c2)CCCC3)CC1. The molecule has 184 valence electrons. The first-order valence-corrected chi connectivity index (χ1v) is 13.9. The van der Waals surface area contributed by atoms with Crippen LogP contribution in [-0.4, -0.2) is 68.7 Å². The van der Waals surface area contributed by atoms with Crippen LogP contribution >= 0.6 is 0 Å². The van der Waals surface area contributed by atoms with Gasteiger partial charge in [0.25, 0.3) is 0 Å². The fraction of sp³-hybridized carbons (Fsp3) is 0.519. The van der Waals surface area contributed by atoms with E-state index in [1.807, 2.05) is 61.5 Å². The molecule has 0 radical (unpaired) electrons. The Hall–Kier alpha value is -2.22. The zero-order valence-electron chi connectivity index (χ0n) is 20.4. The average molecular weight is 484 g/mol. The first kappa shape index (κ1) is 24.9. The summed E-state index contributed by atoms with van der Waals surface area (Å²) in [6, 6.07) is 15.7. The summed E-state index contributed by atoms with van der Waals surface area (Å²) in [7, 11) is 0.485. The Morgan fingerprint density at radius 2 is 1.62 bits per heavy atom. The van der Waals surface area contributed by atoms with Crippen molar-refractivity contribution in [2.45, 2.75) is 50.0 Å². The summed E-state index contributed by atoms with van der Waals surface area (Å²) < 4.78 is 28.2. The monoisotopic (exact) mass is 483 g/mol. The summed E-state index contributed by atoms with van der Waals surface area (Å²) in [4.78, 5) is 17.9. The van der Waals surface area contributed by atoms with Gasteiger partial charge in [-0.05, 0) is 81.4 Å². The van der Waals surface area contributed by atoms with Crippen LogP contribution in [0, 0.1) is 5.92 Å². The van der Waals surface area contributed by atoms with Crippen molar-refractivity contribution in [3.63, 3.8) is 0 Å². The van der Waals surface area contributed by atoms with Gasteiger partial charge in [-0.25, -0.2) is 8.42 Å². The third-order valence-electron chi connectivity index (χ3n) is 7.11. The van der Waals surface area contributed by atoms with Crippen LogP contribution in [0.15, 0.2) is 53.4 Å². The molecule has 1 aliphatic heterocycles. The molecule has 0 spiro atoms. The minimum absolute atomic E-state index is 0.136. The van der Waals surface area contributed by atoms with Gasteiger partial charge in [0.2, 0.25) is 15.9 Å². The van der Waals surface area contributed by atoms with Gasteiger partial charge in [-0.2, -0.15) is 4.31 Å². The van der Waals surface area contributed by atoms with Gasteiger partial charge in [-0.15, -0.1) is 0 Å². The number of amides is 1. The minimum Gasteiger partial charge on any atom is -0.337 e. The second kappa shape index (κ2) is 11.0. The van der Waals surface area contributed by atoms with Gasteiger partial charge in [-0.3, -0.25) is 4.79 Å². The second-order valence-corrected chi connectivity index (χ2v) is 11.8. The number of hydrogen-bond donors (Lipinski definition) is 0. The number of piperidine rings is 1. The molecule has 2 aromatic rings. The molecule has 6 nitrogen and oxygen atoms in total. The van der Waals surface area contributed by atoms with Crippen LogP contribution in [0.3, 0.4) is 0 Å². The molecule has 1 saturated heterocycles. The van der Waals surface area contributed by atoms with Crippen LogP contribution in [0.4, 0.5) is 0 Å². The smallest absolute Gasteiger partial charge is 0.243 e. The van der Waals surface area contributed by atoms with Crippen molar-refractivity contribution in [3.8, 4) is 0 Å². The molecule has 1 fully saturated rings. The number of aryl methyl sites for hydroxylation is 2. The van der Waals surface area contributed by atoms with Crippen LogP contribution in [0.2, 0.25) is 0 Å². The molecule has 34 heavy (non-hydrogen) atoms. The lowest BCUT2D eigenvalue weighted by atomic mass is 9.92.